The van der Waals surface area contributed by atoms with Crippen LogP contribution in [0.5, 0.6) is 0 Å². The lowest BCUT2D eigenvalue weighted by atomic mass is 9.87. The van der Waals surface area contributed by atoms with E-state index in [0.717, 1.165) is 25.7 Å². The second-order valence-electron chi connectivity index (χ2n) is 7.70. The molecular formula is C19H34N4O3. The van der Waals surface area contributed by atoms with Gasteiger partial charge in [-0.1, -0.05) is 19.3 Å². The number of hydrogen-bond acceptors (Lipinski definition) is 4. The molecule has 1 saturated carbocycles. The van der Waals surface area contributed by atoms with Crippen LogP contribution in [-0.2, 0) is 14.4 Å². The Balaban J connectivity index is 1.78. The summed E-state index contributed by atoms with van der Waals surface area (Å²) in [7, 11) is 0. The van der Waals surface area contributed by atoms with Crippen molar-refractivity contribution in [3.05, 3.63) is 0 Å². The fraction of sp³-hybridized carbons (Fsp3) is 0.842. The van der Waals surface area contributed by atoms with Crippen molar-refractivity contribution in [1.29, 1.82) is 0 Å². The number of nitrogens with two attached hydrogens (primary N) is 1. The van der Waals surface area contributed by atoms with Gasteiger partial charge in [0.1, 0.15) is 6.04 Å². The van der Waals surface area contributed by atoms with Crippen LogP contribution in [0.2, 0.25) is 0 Å². The van der Waals surface area contributed by atoms with Crippen LogP contribution >= 0.6 is 0 Å². The highest BCUT2D eigenvalue weighted by Crippen LogP contribution is 2.26. The first-order valence-corrected chi connectivity index (χ1v) is 10.1. The molecule has 148 valence electrons. The molecule has 1 saturated heterocycles. The second-order valence-corrected chi connectivity index (χ2v) is 7.70. The molecule has 0 radical (unpaired) electrons. The van der Waals surface area contributed by atoms with Crippen molar-refractivity contribution in [1.82, 2.24) is 15.5 Å². The zero-order valence-electron chi connectivity index (χ0n) is 16.0. The number of rotatable bonds is 7. The summed E-state index contributed by atoms with van der Waals surface area (Å²) in [5.41, 5.74) is 5.42. The Morgan fingerprint density at radius 3 is 2.54 bits per heavy atom. The third-order valence-corrected chi connectivity index (χ3v) is 5.49. The molecular weight excluding hydrogens is 332 g/mol. The van der Waals surface area contributed by atoms with Gasteiger partial charge in [-0.2, -0.15) is 0 Å². The molecule has 26 heavy (non-hydrogen) atoms. The van der Waals surface area contributed by atoms with Crippen LogP contribution in [0.15, 0.2) is 0 Å². The molecule has 1 aliphatic carbocycles. The zero-order valence-corrected chi connectivity index (χ0v) is 16.0. The van der Waals surface area contributed by atoms with Crippen LogP contribution in [0.4, 0.5) is 0 Å². The first kappa shape index (κ1) is 20.7. The highest BCUT2D eigenvalue weighted by molar-refractivity contribution is 5.88. The van der Waals surface area contributed by atoms with Gasteiger partial charge < -0.3 is 21.3 Å². The van der Waals surface area contributed by atoms with E-state index < -0.39 is 6.04 Å². The predicted molar refractivity (Wildman–Crippen MR) is 100 cm³/mol. The topological polar surface area (TPSA) is 105 Å². The average Bonchev–Trinajstić information content (AvgIpc) is 2.66. The zero-order chi connectivity index (χ0) is 18.9. The van der Waals surface area contributed by atoms with Gasteiger partial charge in [0.25, 0.3) is 0 Å². The standard InChI is InChI=1S/C19H34N4O3/c1-14(22-17(24)12-15-6-3-2-4-7-15)19(26)23-11-5-8-16(13-23)18(25)21-10-9-20/h14-16H,2-13,20H2,1H3,(H,21,25)(H,22,24). The van der Waals surface area contributed by atoms with E-state index in [2.05, 4.69) is 10.6 Å². The van der Waals surface area contributed by atoms with Crippen molar-refractivity contribution in [2.45, 2.75) is 64.3 Å². The van der Waals surface area contributed by atoms with Gasteiger partial charge in [0.2, 0.25) is 17.7 Å². The van der Waals surface area contributed by atoms with E-state index in [1.54, 1.807) is 11.8 Å². The Labute approximate surface area is 156 Å². The second kappa shape index (κ2) is 10.5. The van der Waals surface area contributed by atoms with E-state index in [0.29, 0.717) is 38.5 Å². The van der Waals surface area contributed by atoms with Gasteiger partial charge in [0.15, 0.2) is 0 Å². The van der Waals surface area contributed by atoms with Crippen molar-refractivity contribution in [3.8, 4) is 0 Å². The molecule has 3 amide bonds. The lowest BCUT2D eigenvalue weighted by Gasteiger charge is -2.34. The summed E-state index contributed by atoms with van der Waals surface area (Å²) in [6.45, 7) is 3.65. The Morgan fingerprint density at radius 1 is 1.12 bits per heavy atom. The summed E-state index contributed by atoms with van der Waals surface area (Å²) in [5, 5.41) is 5.65. The summed E-state index contributed by atoms with van der Waals surface area (Å²) >= 11 is 0. The van der Waals surface area contributed by atoms with Crippen molar-refractivity contribution in [2.75, 3.05) is 26.2 Å². The Hall–Kier alpha value is -1.63. The van der Waals surface area contributed by atoms with Gasteiger partial charge in [0, 0.05) is 32.6 Å². The van der Waals surface area contributed by atoms with Crippen LogP contribution in [0.25, 0.3) is 0 Å². The average molecular weight is 367 g/mol. The summed E-state index contributed by atoms with van der Waals surface area (Å²) < 4.78 is 0. The van der Waals surface area contributed by atoms with Crippen LogP contribution in [0.3, 0.4) is 0 Å². The van der Waals surface area contributed by atoms with Crippen molar-refractivity contribution >= 4 is 17.7 Å². The molecule has 1 aliphatic heterocycles. The molecule has 0 aromatic carbocycles. The van der Waals surface area contributed by atoms with Crippen molar-refractivity contribution < 1.29 is 14.4 Å². The van der Waals surface area contributed by atoms with E-state index in [1.807, 2.05) is 0 Å². The third kappa shape index (κ3) is 6.27. The highest BCUT2D eigenvalue weighted by Gasteiger charge is 2.31. The number of nitrogens with zero attached hydrogens (tertiary/aromatic N) is 1. The molecule has 0 bridgehead atoms. The molecule has 4 N–H and O–H groups in total. The maximum atomic E-state index is 12.7. The Morgan fingerprint density at radius 2 is 1.85 bits per heavy atom. The number of piperidine rings is 1. The van der Waals surface area contributed by atoms with E-state index in [4.69, 9.17) is 5.73 Å². The number of hydrogen-bond donors (Lipinski definition) is 3. The normalized spacial score (nSPS) is 22.5. The molecule has 2 aliphatic rings. The first-order valence-electron chi connectivity index (χ1n) is 10.1. The summed E-state index contributed by atoms with van der Waals surface area (Å²) in [6, 6.07) is -0.544. The lowest BCUT2D eigenvalue weighted by Crippen LogP contribution is -2.52. The monoisotopic (exact) mass is 366 g/mol. The predicted octanol–water partition coefficient (Wildman–Crippen LogP) is 0.775. The van der Waals surface area contributed by atoms with E-state index >= 15 is 0 Å². The number of carbonyl (C=O) groups is 3. The van der Waals surface area contributed by atoms with Crippen LogP contribution in [0.1, 0.15) is 58.3 Å². The molecule has 2 fully saturated rings. The molecule has 7 nitrogen and oxygen atoms in total. The maximum Gasteiger partial charge on any atom is 0.244 e. The van der Waals surface area contributed by atoms with Gasteiger partial charge in [-0.15, -0.1) is 0 Å². The highest BCUT2D eigenvalue weighted by atomic mass is 16.2. The van der Waals surface area contributed by atoms with Crippen molar-refractivity contribution in [2.24, 2.45) is 17.6 Å². The summed E-state index contributed by atoms with van der Waals surface area (Å²) in [6.07, 6.45) is 7.99. The van der Waals surface area contributed by atoms with Gasteiger partial charge in [-0.25, -0.2) is 0 Å². The maximum absolute atomic E-state index is 12.7. The molecule has 2 unspecified atom stereocenters. The van der Waals surface area contributed by atoms with Crippen LogP contribution < -0.4 is 16.4 Å². The molecule has 0 aromatic rings. The third-order valence-electron chi connectivity index (χ3n) is 5.49. The molecule has 0 spiro atoms. The fourth-order valence-corrected chi connectivity index (χ4v) is 4.02. The fourth-order valence-electron chi connectivity index (χ4n) is 4.02. The van der Waals surface area contributed by atoms with Gasteiger partial charge >= 0.3 is 0 Å². The van der Waals surface area contributed by atoms with Crippen LogP contribution in [0, 0.1) is 11.8 Å². The Bertz CT molecular complexity index is 491. The summed E-state index contributed by atoms with van der Waals surface area (Å²) in [4.78, 5) is 38.7. The quantitative estimate of drug-likeness (QED) is 0.619. The van der Waals surface area contributed by atoms with E-state index in [1.165, 1.54) is 19.3 Å². The number of nitrogens with one attached hydrogen (secondary N) is 2. The Kier molecular flexibility index (Phi) is 8.35. The molecule has 0 aromatic heterocycles. The summed E-state index contributed by atoms with van der Waals surface area (Å²) in [5.74, 6) is 0.0910. The minimum atomic E-state index is -0.544. The molecule has 1 heterocycles. The lowest BCUT2D eigenvalue weighted by molar-refractivity contribution is -0.139. The minimum absolute atomic E-state index is 0.0352. The number of amides is 3. The largest absolute Gasteiger partial charge is 0.355 e. The first-order chi connectivity index (χ1) is 12.5. The van der Waals surface area contributed by atoms with E-state index in [-0.39, 0.29) is 23.6 Å². The molecule has 2 atom stereocenters. The van der Waals surface area contributed by atoms with Gasteiger partial charge in [0.05, 0.1) is 5.92 Å². The van der Waals surface area contributed by atoms with Gasteiger partial charge in [-0.3, -0.25) is 14.4 Å². The molecule has 2 rings (SSSR count). The number of likely N-dealkylation sites (tertiary alicyclic amines) is 1. The molecule has 7 heteroatoms. The van der Waals surface area contributed by atoms with Crippen molar-refractivity contribution in [3.63, 3.8) is 0 Å². The SMILES string of the molecule is CC(NC(=O)CC1CCCCC1)C(=O)N1CCCC(C(=O)NCCN)C1. The van der Waals surface area contributed by atoms with Crippen LogP contribution in [-0.4, -0.2) is 54.8 Å². The smallest absolute Gasteiger partial charge is 0.244 e. The van der Waals surface area contributed by atoms with Gasteiger partial charge in [-0.05, 0) is 38.5 Å². The minimum Gasteiger partial charge on any atom is -0.355 e. The number of carbonyl (C=O) groups excluding carboxylic acids is 3. The van der Waals surface area contributed by atoms with E-state index in [9.17, 15) is 14.4 Å².